The normalized spacial score (nSPS) is 14.0. The average Bonchev–Trinajstić information content (AvgIpc) is 3.19. The van der Waals surface area contributed by atoms with E-state index in [1.54, 1.807) is 21.1 Å². The summed E-state index contributed by atoms with van der Waals surface area (Å²) in [5.74, 6) is -1.82. The van der Waals surface area contributed by atoms with Crippen LogP contribution in [0, 0.1) is 0 Å². The summed E-state index contributed by atoms with van der Waals surface area (Å²) in [6.07, 6.45) is 55.4. The minimum atomic E-state index is -1.14. The molecule has 0 aliphatic rings. The highest BCUT2D eigenvalue weighted by Crippen LogP contribution is 2.13. The van der Waals surface area contributed by atoms with Crippen molar-refractivity contribution in [3.8, 4) is 0 Å². The standard InChI is InChI=1S/C51H81NO7/c1-6-8-10-12-14-16-18-20-22-23-24-25-26-28-29-31-33-35-37-39-41-49(53)58-46-47(45-57-44-43-48(51(55)56)52(3,4)5)59-50(54)42-40-38-36-34-32-30-27-21-19-17-15-13-11-9-7-2/h8-11,13-17,19-22,24-25,27,30,32,47-48H,6-7,12,18,23,26,28-29,31,33-46H2,1-5H3/b10-8+,11-9+,15-13+,16-14+,19-17+,22-20+,25-24+,27-21+,32-30+. The van der Waals surface area contributed by atoms with Crippen LogP contribution >= 0.6 is 0 Å². The molecule has 8 heteroatoms. The van der Waals surface area contributed by atoms with Crippen LogP contribution in [0.3, 0.4) is 0 Å². The number of carbonyl (C=O) groups is 3. The Bertz CT molecular complexity index is 1330. The van der Waals surface area contributed by atoms with Crippen molar-refractivity contribution < 1.29 is 38.2 Å². The van der Waals surface area contributed by atoms with Crippen LogP contribution in [0.4, 0.5) is 0 Å². The highest BCUT2D eigenvalue weighted by atomic mass is 16.6. The maximum absolute atomic E-state index is 12.7. The van der Waals surface area contributed by atoms with Gasteiger partial charge in [0.05, 0.1) is 40.3 Å². The molecule has 0 fully saturated rings. The zero-order chi connectivity index (χ0) is 43.5. The van der Waals surface area contributed by atoms with Crippen molar-refractivity contribution in [3.05, 3.63) is 109 Å². The number of unbranched alkanes of at least 4 members (excludes halogenated alkanes) is 10. The molecular formula is C51H81NO7. The largest absolute Gasteiger partial charge is 0.544 e. The molecule has 0 rings (SSSR count). The van der Waals surface area contributed by atoms with E-state index in [1.807, 2.05) is 48.6 Å². The van der Waals surface area contributed by atoms with Gasteiger partial charge in [-0.1, -0.05) is 162 Å². The van der Waals surface area contributed by atoms with Crippen LogP contribution in [0.1, 0.15) is 142 Å². The maximum Gasteiger partial charge on any atom is 0.306 e. The molecule has 59 heavy (non-hydrogen) atoms. The fraction of sp³-hybridized carbons (Fsp3) is 0.588. The minimum Gasteiger partial charge on any atom is -0.544 e. The molecule has 0 bridgehead atoms. The molecule has 0 amide bonds. The van der Waals surface area contributed by atoms with Gasteiger partial charge in [0.1, 0.15) is 12.6 Å². The zero-order valence-electron chi connectivity index (χ0n) is 37.6. The molecule has 0 heterocycles. The SMILES string of the molecule is CC/C=C/C=C/C=C/C=C/C=C/CCCCCC(=O)OC(COCCC(C(=O)[O-])[N+](C)(C)C)COC(=O)CCCCCCCCC/C=C/C/C=C/C/C=C/C/C=C/CC. The first-order chi connectivity index (χ1) is 28.6. The van der Waals surface area contributed by atoms with Gasteiger partial charge < -0.3 is 28.6 Å². The fourth-order valence-corrected chi connectivity index (χ4v) is 5.85. The summed E-state index contributed by atoms with van der Waals surface area (Å²) < 4.78 is 17.1. The van der Waals surface area contributed by atoms with E-state index >= 15 is 0 Å². The van der Waals surface area contributed by atoms with E-state index in [9.17, 15) is 19.5 Å². The second-order valence-electron chi connectivity index (χ2n) is 15.6. The van der Waals surface area contributed by atoms with Gasteiger partial charge in [-0.15, -0.1) is 0 Å². The predicted octanol–water partition coefficient (Wildman–Crippen LogP) is 11.1. The highest BCUT2D eigenvalue weighted by Gasteiger charge is 2.25. The van der Waals surface area contributed by atoms with E-state index in [-0.39, 0.29) is 49.1 Å². The third-order valence-electron chi connectivity index (χ3n) is 9.28. The number of carbonyl (C=O) groups excluding carboxylic acids is 3. The van der Waals surface area contributed by atoms with Crippen LogP contribution in [0.2, 0.25) is 0 Å². The van der Waals surface area contributed by atoms with Crippen molar-refractivity contribution in [3.63, 3.8) is 0 Å². The van der Waals surface area contributed by atoms with E-state index in [2.05, 4.69) is 74.6 Å². The van der Waals surface area contributed by atoms with Crippen molar-refractivity contribution in [2.45, 2.75) is 154 Å². The summed E-state index contributed by atoms with van der Waals surface area (Å²) in [4.78, 5) is 36.9. The molecule has 0 aromatic rings. The van der Waals surface area contributed by atoms with Crippen molar-refractivity contribution in [1.82, 2.24) is 0 Å². The number of carboxylic acid groups (broad SMARTS) is 1. The smallest absolute Gasteiger partial charge is 0.306 e. The fourth-order valence-electron chi connectivity index (χ4n) is 5.85. The first kappa shape index (κ1) is 55.0. The predicted molar refractivity (Wildman–Crippen MR) is 244 cm³/mol. The Balaban J connectivity index is 4.42. The van der Waals surface area contributed by atoms with E-state index in [4.69, 9.17) is 14.2 Å². The Morgan fingerprint density at radius 2 is 0.983 bits per heavy atom. The lowest BCUT2D eigenvalue weighted by molar-refractivity contribution is -0.889. The van der Waals surface area contributed by atoms with E-state index in [0.29, 0.717) is 12.8 Å². The van der Waals surface area contributed by atoms with Crippen LogP contribution in [0.25, 0.3) is 0 Å². The molecule has 0 aliphatic heterocycles. The molecule has 8 nitrogen and oxygen atoms in total. The van der Waals surface area contributed by atoms with Gasteiger partial charge >= 0.3 is 11.9 Å². The number of hydrogen-bond donors (Lipinski definition) is 0. The molecule has 0 radical (unpaired) electrons. The number of likely N-dealkylation sites (N-methyl/N-ethyl adjacent to an activating group) is 1. The number of quaternary nitrogens is 1. The molecular weight excluding hydrogens is 739 g/mol. The Kier molecular flexibility index (Phi) is 38.0. The van der Waals surface area contributed by atoms with Gasteiger partial charge in [-0.3, -0.25) is 9.59 Å². The summed E-state index contributed by atoms with van der Waals surface area (Å²) in [5, 5.41) is 11.6. The highest BCUT2D eigenvalue weighted by molar-refractivity contribution is 5.70. The molecule has 0 aromatic heterocycles. The lowest BCUT2D eigenvalue weighted by Crippen LogP contribution is -2.55. The van der Waals surface area contributed by atoms with Crippen molar-refractivity contribution in [2.24, 2.45) is 0 Å². The first-order valence-corrected chi connectivity index (χ1v) is 22.5. The molecule has 2 atom stereocenters. The van der Waals surface area contributed by atoms with E-state index < -0.39 is 18.1 Å². The van der Waals surface area contributed by atoms with E-state index in [0.717, 1.165) is 83.5 Å². The zero-order valence-corrected chi connectivity index (χ0v) is 37.6. The average molecular weight is 820 g/mol. The molecule has 0 aromatic carbocycles. The molecule has 0 N–H and O–H groups in total. The lowest BCUT2D eigenvalue weighted by Gasteiger charge is -2.34. The maximum atomic E-state index is 12.7. The first-order valence-electron chi connectivity index (χ1n) is 22.5. The summed E-state index contributed by atoms with van der Waals surface area (Å²) in [6.45, 7) is 4.32. The van der Waals surface area contributed by atoms with Gasteiger partial charge in [0.2, 0.25) is 0 Å². The molecule has 332 valence electrons. The van der Waals surface area contributed by atoms with Gasteiger partial charge in [0.15, 0.2) is 6.10 Å². The van der Waals surface area contributed by atoms with Gasteiger partial charge in [0, 0.05) is 19.3 Å². The Hall–Kier alpha value is -4.01. The number of carboxylic acids is 1. The third kappa shape index (κ3) is 39.2. The lowest BCUT2D eigenvalue weighted by atomic mass is 10.1. The van der Waals surface area contributed by atoms with Crippen LogP contribution in [-0.2, 0) is 28.6 Å². The number of ether oxygens (including phenoxy) is 3. The Labute approximate surface area is 359 Å². The minimum absolute atomic E-state index is 0.0118. The summed E-state index contributed by atoms with van der Waals surface area (Å²) in [5.41, 5.74) is 0. The van der Waals surface area contributed by atoms with Gasteiger partial charge in [-0.2, -0.15) is 0 Å². The third-order valence-corrected chi connectivity index (χ3v) is 9.28. The number of aliphatic carboxylic acids is 1. The summed E-state index contributed by atoms with van der Waals surface area (Å²) in [6, 6.07) is -0.743. The van der Waals surface area contributed by atoms with Gasteiger partial charge in [-0.25, -0.2) is 0 Å². The molecule has 0 spiro atoms. The van der Waals surface area contributed by atoms with Crippen LogP contribution in [0.15, 0.2) is 109 Å². The molecule has 0 saturated heterocycles. The monoisotopic (exact) mass is 820 g/mol. The molecule has 0 aliphatic carbocycles. The Morgan fingerprint density at radius 1 is 0.525 bits per heavy atom. The quantitative estimate of drug-likeness (QED) is 0.0201. The van der Waals surface area contributed by atoms with Gasteiger partial charge in [0.25, 0.3) is 0 Å². The molecule has 0 saturated carbocycles. The van der Waals surface area contributed by atoms with Crippen LogP contribution in [0.5, 0.6) is 0 Å². The summed E-state index contributed by atoms with van der Waals surface area (Å²) >= 11 is 0. The van der Waals surface area contributed by atoms with Crippen LogP contribution < -0.4 is 5.11 Å². The number of rotatable bonds is 38. The van der Waals surface area contributed by atoms with Gasteiger partial charge in [-0.05, 0) is 70.6 Å². The topological polar surface area (TPSA) is 102 Å². The number of allylic oxidation sites excluding steroid dienone is 18. The molecule has 2 unspecified atom stereocenters. The number of nitrogens with zero attached hydrogens (tertiary/aromatic N) is 1. The van der Waals surface area contributed by atoms with Crippen molar-refractivity contribution in [2.75, 3.05) is 41.0 Å². The van der Waals surface area contributed by atoms with Crippen molar-refractivity contribution >= 4 is 17.9 Å². The van der Waals surface area contributed by atoms with Crippen molar-refractivity contribution in [1.29, 1.82) is 0 Å². The number of hydrogen-bond acceptors (Lipinski definition) is 7. The second kappa shape index (κ2) is 40.8. The second-order valence-corrected chi connectivity index (χ2v) is 15.6. The van der Waals surface area contributed by atoms with E-state index in [1.165, 1.54) is 19.3 Å². The van der Waals surface area contributed by atoms with Crippen LogP contribution in [-0.4, -0.2) is 75.5 Å². The summed E-state index contributed by atoms with van der Waals surface area (Å²) in [7, 11) is 5.37. The number of esters is 2. The Morgan fingerprint density at radius 3 is 1.54 bits per heavy atom.